The van der Waals surface area contributed by atoms with Crippen molar-refractivity contribution in [2.24, 2.45) is 0 Å². The van der Waals surface area contributed by atoms with Gasteiger partial charge in [-0.05, 0) is 41.3 Å². The van der Waals surface area contributed by atoms with Crippen molar-refractivity contribution in [1.82, 2.24) is 0 Å². The number of rotatable bonds is 7. The van der Waals surface area contributed by atoms with E-state index in [1.807, 2.05) is 55.5 Å². The van der Waals surface area contributed by atoms with E-state index in [1.54, 1.807) is 0 Å². The lowest BCUT2D eigenvalue weighted by Gasteiger charge is -2.26. The van der Waals surface area contributed by atoms with Crippen molar-refractivity contribution in [2.75, 3.05) is 4.90 Å². The Labute approximate surface area is 160 Å². The van der Waals surface area contributed by atoms with Crippen LogP contribution in [-0.2, 0) is 17.9 Å². The summed E-state index contributed by atoms with van der Waals surface area (Å²) in [4.78, 5) is 13.3. The molecular formula is C24H23NO2. The average molecular weight is 357 g/mol. The van der Waals surface area contributed by atoms with Gasteiger partial charge in [-0.3, -0.25) is 0 Å². The van der Waals surface area contributed by atoms with Crippen LogP contribution in [0.5, 0.6) is 0 Å². The number of nitrogens with zero attached hydrogens (tertiary/aromatic N) is 1. The summed E-state index contributed by atoms with van der Waals surface area (Å²) in [6, 6.07) is 28.8. The van der Waals surface area contributed by atoms with Gasteiger partial charge in [0.2, 0.25) is 0 Å². The Kier molecular flexibility index (Phi) is 6.06. The maximum atomic E-state index is 11.0. The SMILES string of the molecule is C/C(=C\C(=O)O)c1cccc(N(Cc2ccccc2)Cc2ccccc2)c1. The van der Waals surface area contributed by atoms with Crippen LogP contribution in [0.4, 0.5) is 5.69 Å². The lowest BCUT2D eigenvalue weighted by molar-refractivity contribution is -0.131. The molecule has 0 heterocycles. The van der Waals surface area contributed by atoms with Gasteiger partial charge in [0, 0.05) is 24.9 Å². The standard InChI is InChI=1S/C24H23NO2/c1-19(15-24(26)27)22-13-8-14-23(16-22)25(17-20-9-4-2-5-10-20)18-21-11-6-3-7-12-21/h2-16H,17-18H2,1H3,(H,26,27)/b19-15+. The number of hydrogen-bond donors (Lipinski definition) is 1. The predicted molar refractivity (Wildman–Crippen MR) is 110 cm³/mol. The van der Waals surface area contributed by atoms with Crippen LogP contribution in [0.25, 0.3) is 5.57 Å². The molecule has 136 valence electrons. The van der Waals surface area contributed by atoms with Crippen LogP contribution in [0.15, 0.2) is 91.0 Å². The maximum Gasteiger partial charge on any atom is 0.328 e. The molecule has 1 N–H and O–H groups in total. The summed E-state index contributed by atoms with van der Waals surface area (Å²) in [6.45, 7) is 3.38. The molecule has 0 amide bonds. The minimum Gasteiger partial charge on any atom is -0.478 e. The zero-order valence-corrected chi connectivity index (χ0v) is 15.4. The first kappa shape index (κ1) is 18.5. The van der Waals surface area contributed by atoms with Crippen molar-refractivity contribution in [3.8, 4) is 0 Å². The lowest BCUT2D eigenvalue weighted by Crippen LogP contribution is -2.22. The number of carbonyl (C=O) groups is 1. The van der Waals surface area contributed by atoms with Crippen LogP contribution in [0.3, 0.4) is 0 Å². The normalized spacial score (nSPS) is 11.2. The molecule has 0 aliphatic heterocycles. The summed E-state index contributed by atoms with van der Waals surface area (Å²) >= 11 is 0. The molecule has 0 fully saturated rings. The van der Waals surface area contributed by atoms with E-state index < -0.39 is 5.97 Å². The molecular weight excluding hydrogens is 334 g/mol. The molecule has 0 aliphatic carbocycles. The van der Waals surface area contributed by atoms with E-state index in [0.29, 0.717) is 0 Å². The molecule has 0 bridgehead atoms. The quantitative estimate of drug-likeness (QED) is 0.577. The van der Waals surface area contributed by atoms with Gasteiger partial charge < -0.3 is 10.0 Å². The zero-order chi connectivity index (χ0) is 19.1. The van der Waals surface area contributed by atoms with Gasteiger partial charge in [0.1, 0.15) is 0 Å². The summed E-state index contributed by atoms with van der Waals surface area (Å²) in [6.07, 6.45) is 1.25. The Hall–Kier alpha value is -3.33. The second kappa shape index (κ2) is 8.86. The third kappa shape index (κ3) is 5.32. The number of anilines is 1. The third-order valence-electron chi connectivity index (χ3n) is 4.44. The number of carboxylic acid groups (broad SMARTS) is 1. The first-order chi connectivity index (χ1) is 13.1. The molecule has 0 radical (unpaired) electrons. The fraction of sp³-hybridized carbons (Fsp3) is 0.125. The number of carboxylic acids is 1. The molecule has 3 nitrogen and oxygen atoms in total. The highest BCUT2D eigenvalue weighted by atomic mass is 16.4. The van der Waals surface area contributed by atoms with Crippen molar-refractivity contribution in [3.63, 3.8) is 0 Å². The van der Waals surface area contributed by atoms with Gasteiger partial charge in [0.15, 0.2) is 0 Å². The summed E-state index contributed by atoms with van der Waals surface area (Å²) < 4.78 is 0. The van der Waals surface area contributed by atoms with E-state index in [9.17, 15) is 4.79 Å². The Morgan fingerprint density at radius 2 is 1.41 bits per heavy atom. The molecule has 27 heavy (non-hydrogen) atoms. The topological polar surface area (TPSA) is 40.5 Å². The van der Waals surface area contributed by atoms with Crippen LogP contribution in [0.2, 0.25) is 0 Å². The van der Waals surface area contributed by atoms with E-state index in [4.69, 9.17) is 5.11 Å². The molecule has 0 saturated heterocycles. The van der Waals surface area contributed by atoms with Crippen LogP contribution in [0, 0.1) is 0 Å². The fourth-order valence-corrected chi connectivity index (χ4v) is 3.06. The van der Waals surface area contributed by atoms with Crippen molar-refractivity contribution < 1.29 is 9.90 Å². The molecule has 3 heteroatoms. The van der Waals surface area contributed by atoms with E-state index in [-0.39, 0.29) is 0 Å². The Bertz CT molecular complexity index is 876. The summed E-state index contributed by atoms with van der Waals surface area (Å²) in [5, 5.41) is 9.03. The zero-order valence-electron chi connectivity index (χ0n) is 15.4. The van der Waals surface area contributed by atoms with E-state index in [2.05, 4.69) is 41.3 Å². The van der Waals surface area contributed by atoms with Gasteiger partial charge in [0.25, 0.3) is 0 Å². The first-order valence-electron chi connectivity index (χ1n) is 8.96. The van der Waals surface area contributed by atoms with E-state index in [0.717, 1.165) is 29.9 Å². The molecule has 0 atom stereocenters. The van der Waals surface area contributed by atoms with Gasteiger partial charge in [-0.2, -0.15) is 0 Å². The number of aliphatic carboxylic acids is 1. The number of allylic oxidation sites excluding steroid dienone is 1. The summed E-state index contributed by atoms with van der Waals surface area (Å²) in [5.74, 6) is -0.927. The van der Waals surface area contributed by atoms with Crippen molar-refractivity contribution in [3.05, 3.63) is 108 Å². The van der Waals surface area contributed by atoms with E-state index in [1.165, 1.54) is 17.2 Å². The van der Waals surface area contributed by atoms with Crippen molar-refractivity contribution in [1.29, 1.82) is 0 Å². The van der Waals surface area contributed by atoms with Gasteiger partial charge in [-0.1, -0.05) is 72.8 Å². The minimum absolute atomic E-state index is 0.740. The van der Waals surface area contributed by atoms with Crippen LogP contribution >= 0.6 is 0 Å². The minimum atomic E-state index is -0.927. The van der Waals surface area contributed by atoms with Gasteiger partial charge >= 0.3 is 5.97 Å². The maximum absolute atomic E-state index is 11.0. The largest absolute Gasteiger partial charge is 0.478 e. The highest BCUT2D eigenvalue weighted by Gasteiger charge is 2.10. The highest BCUT2D eigenvalue weighted by molar-refractivity contribution is 5.89. The smallest absolute Gasteiger partial charge is 0.328 e. The third-order valence-corrected chi connectivity index (χ3v) is 4.44. The second-order valence-corrected chi connectivity index (χ2v) is 6.54. The van der Waals surface area contributed by atoms with Crippen LogP contribution < -0.4 is 4.90 Å². The number of hydrogen-bond acceptors (Lipinski definition) is 2. The highest BCUT2D eigenvalue weighted by Crippen LogP contribution is 2.24. The Morgan fingerprint density at radius 3 is 1.93 bits per heavy atom. The fourth-order valence-electron chi connectivity index (χ4n) is 3.06. The molecule has 0 saturated carbocycles. The van der Waals surface area contributed by atoms with Gasteiger partial charge in [-0.15, -0.1) is 0 Å². The average Bonchev–Trinajstić information content (AvgIpc) is 2.69. The molecule has 3 aromatic rings. The van der Waals surface area contributed by atoms with Crippen molar-refractivity contribution in [2.45, 2.75) is 20.0 Å². The Balaban J connectivity index is 1.93. The predicted octanol–water partition coefficient (Wildman–Crippen LogP) is 5.38. The number of benzene rings is 3. The Morgan fingerprint density at radius 1 is 0.852 bits per heavy atom. The summed E-state index contributed by atoms with van der Waals surface area (Å²) in [7, 11) is 0. The monoisotopic (exact) mass is 357 g/mol. The van der Waals surface area contributed by atoms with Crippen LogP contribution in [0.1, 0.15) is 23.6 Å². The van der Waals surface area contributed by atoms with Gasteiger partial charge in [-0.25, -0.2) is 4.79 Å². The molecule has 3 rings (SSSR count). The molecule has 0 aromatic heterocycles. The second-order valence-electron chi connectivity index (χ2n) is 6.54. The molecule has 0 unspecified atom stereocenters. The molecule has 3 aromatic carbocycles. The van der Waals surface area contributed by atoms with Gasteiger partial charge in [0.05, 0.1) is 0 Å². The molecule has 0 spiro atoms. The van der Waals surface area contributed by atoms with E-state index >= 15 is 0 Å². The van der Waals surface area contributed by atoms with Crippen LogP contribution in [-0.4, -0.2) is 11.1 Å². The molecule has 0 aliphatic rings. The summed E-state index contributed by atoms with van der Waals surface area (Å²) in [5.41, 5.74) is 5.19. The lowest BCUT2D eigenvalue weighted by atomic mass is 10.1. The van der Waals surface area contributed by atoms with Crippen molar-refractivity contribution >= 4 is 17.2 Å². The first-order valence-corrected chi connectivity index (χ1v) is 8.96.